The standard InChI is InChI=1S/C27H40N6O5S/c1-19-17-27(5,6)33(18-19)23-20(11-10-16-29-23)24(34)32-39(36,37)22-13-9-12-21(31-22)28-14-7-8-15-30-25(35)38-26(2,3)4/h9-13,16,19H,7-8,14-15,17-18H2,1-6H3,(H,28,31)(H,30,35)(H,32,34). The molecule has 3 heterocycles. The predicted octanol–water partition coefficient (Wildman–Crippen LogP) is 3.94. The lowest BCUT2D eigenvalue weighted by atomic mass is 9.97. The van der Waals surface area contributed by atoms with E-state index in [9.17, 15) is 18.0 Å². The smallest absolute Gasteiger partial charge is 0.407 e. The number of nitrogens with zero attached hydrogens (tertiary/aromatic N) is 3. The van der Waals surface area contributed by atoms with Gasteiger partial charge in [0.15, 0.2) is 5.03 Å². The molecule has 0 aromatic carbocycles. The molecule has 1 aliphatic heterocycles. The first-order valence-electron chi connectivity index (χ1n) is 13.2. The number of rotatable bonds is 10. The summed E-state index contributed by atoms with van der Waals surface area (Å²) in [4.78, 5) is 35.5. The van der Waals surface area contributed by atoms with Crippen LogP contribution in [0.15, 0.2) is 41.6 Å². The Morgan fingerprint density at radius 3 is 2.51 bits per heavy atom. The Hall–Kier alpha value is -3.41. The van der Waals surface area contributed by atoms with Gasteiger partial charge in [-0.15, -0.1) is 0 Å². The molecule has 1 saturated heterocycles. The summed E-state index contributed by atoms with van der Waals surface area (Å²) in [6.45, 7) is 13.4. The molecule has 39 heavy (non-hydrogen) atoms. The number of ether oxygens (including phenoxy) is 1. The molecule has 1 atom stereocenters. The first kappa shape index (κ1) is 30.1. The van der Waals surface area contributed by atoms with Crippen LogP contribution in [0.2, 0.25) is 0 Å². The largest absolute Gasteiger partial charge is 0.444 e. The average molecular weight is 561 g/mol. The van der Waals surface area contributed by atoms with E-state index >= 15 is 0 Å². The summed E-state index contributed by atoms with van der Waals surface area (Å²) in [7, 11) is -4.23. The van der Waals surface area contributed by atoms with Gasteiger partial charge in [-0.25, -0.2) is 19.5 Å². The Balaban J connectivity index is 1.58. The number of sulfonamides is 1. The number of anilines is 2. The number of hydrogen-bond donors (Lipinski definition) is 3. The monoisotopic (exact) mass is 560 g/mol. The van der Waals surface area contributed by atoms with Crippen LogP contribution in [-0.2, 0) is 14.8 Å². The number of amides is 2. The Labute approximate surface area is 231 Å². The van der Waals surface area contributed by atoms with Crippen LogP contribution in [0.4, 0.5) is 16.4 Å². The minimum absolute atomic E-state index is 0.192. The quantitative estimate of drug-likeness (QED) is 0.368. The lowest BCUT2D eigenvalue weighted by molar-refractivity contribution is 0.0527. The number of nitrogens with one attached hydrogen (secondary N) is 3. The van der Waals surface area contributed by atoms with E-state index in [0.717, 1.165) is 13.0 Å². The fourth-order valence-corrected chi connectivity index (χ4v) is 5.55. The van der Waals surface area contributed by atoms with E-state index in [1.807, 2.05) is 0 Å². The molecule has 1 unspecified atom stereocenters. The lowest BCUT2D eigenvalue weighted by Gasteiger charge is -2.33. The van der Waals surface area contributed by atoms with E-state index in [4.69, 9.17) is 4.74 Å². The third-order valence-electron chi connectivity index (χ3n) is 6.16. The van der Waals surface area contributed by atoms with Crippen molar-refractivity contribution >= 4 is 33.7 Å². The molecule has 0 radical (unpaired) electrons. The molecular weight excluding hydrogens is 520 g/mol. The molecule has 3 rings (SSSR count). The van der Waals surface area contributed by atoms with E-state index in [1.165, 1.54) is 6.07 Å². The molecule has 214 valence electrons. The molecule has 0 saturated carbocycles. The van der Waals surface area contributed by atoms with Crippen molar-refractivity contribution in [3.63, 3.8) is 0 Å². The van der Waals surface area contributed by atoms with Crippen molar-refractivity contribution in [3.8, 4) is 0 Å². The summed E-state index contributed by atoms with van der Waals surface area (Å²) in [5.41, 5.74) is -0.571. The minimum Gasteiger partial charge on any atom is -0.444 e. The summed E-state index contributed by atoms with van der Waals surface area (Å²) < 4.78 is 33.4. The molecule has 12 heteroatoms. The fourth-order valence-electron chi connectivity index (χ4n) is 4.61. The van der Waals surface area contributed by atoms with Crippen molar-refractivity contribution in [3.05, 3.63) is 42.1 Å². The Morgan fingerprint density at radius 2 is 1.85 bits per heavy atom. The highest BCUT2D eigenvalue weighted by molar-refractivity contribution is 7.90. The second-order valence-corrected chi connectivity index (χ2v) is 13.1. The molecule has 0 aliphatic carbocycles. The van der Waals surface area contributed by atoms with Gasteiger partial charge in [-0.2, -0.15) is 8.42 Å². The average Bonchev–Trinajstić information content (AvgIpc) is 3.11. The molecule has 2 aromatic rings. The van der Waals surface area contributed by atoms with Crippen LogP contribution in [0.1, 0.15) is 71.2 Å². The molecule has 2 amide bonds. The van der Waals surface area contributed by atoms with E-state index in [1.54, 1.807) is 51.2 Å². The second-order valence-electron chi connectivity index (χ2n) is 11.5. The number of carbonyl (C=O) groups is 2. The van der Waals surface area contributed by atoms with Crippen molar-refractivity contribution in [2.24, 2.45) is 5.92 Å². The highest BCUT2D eigenvalue weighted by Gasteiger charge is 2.39. The van der Waals surface area contributed by atoms with Crippen LogP contribution in [0.5, 0.6) is 0 Å². The Kier molecular flexibility index (Phi) is 9.42. The van der Waals surface area contributed by atoms with Crippen LogP contribution in [0, 0.1) is 5.92 Å². The topological polar surface area (TPSA) is 143 Å². The molecular formula is C27H40N6O5S. The third kappa shape index (κ3) is 8.54. The van der Waals surface area contributed by atoms with Gasteiger partial charge in [0, 0.05) is 31.4 Å². The van der Waals surface area contributed by atoms with Gasteiger partial charge < -0.3 is 20.3 Å². The van der Waals surface area contributed by atoms with Gasteiger partial charge in [0.05, 0.1) is 5.56 Å². The van der Waals surface area contributed by atoms with E-state index < -0.39 is 27.6 Å². The van der Waals surface area contributed by atoms with Crippen molar-refractivity contribution in [1.29, 1.82) is 0 Å². The minimum atomic E-state index is -4.23. The summed E-state index contributed by atoms with van der Waals surface area (Å²) in [6.07, 6.45) is 3.48. The van der Waals surface area contributed by atoms with Gasteiger partial charge in [0.1, 0.15) is 17.2 Å². The maximum Gasteiger partial charge on any atom is 0.407 e. The zero-order chi connectivity index (χ0) is 28.8. The normalized spacial score (nSPS) is 17.0. The second kappa shape index (κ2) is 12.2. The van der Waals surface area contributed by atoms with Gasteiger partial charge >= 0.3 is 6.09 Å². The molecule has 0 spiro atoms. The molecule has 3 N–H and O–H groups in total. The number of carbonyl (C=O) groups excluding carboxylic acids is 2. The number of pyridine rings is 2. The number of aromatic nitrogens is 2. The Morgan fingerprint density at radius 1 is 1.13 bits per heavy atom. The highest BCUT2D eigenvalue weighted by atomic mass is 32.2. The van der Waals surface area contributed by atoms with E-state index in [-0.39, 0.29) is 16.1 Å². The van der Waals surface area contributed by atoms with E-state index in [2.05, 4.69) is 51.0 Å². The third-order valence-corrected chi connectivity index (χ3v) is 7.40. The lowest BCUT2D eigenvalue weighted by Crippen LogP contribution is -2.41. The van der Waals surface area contributed by atoms with Crippen molar-refractivity contribution < 1.29 is 22.7 Å². The van der Waals surface area contributed by atoms with E-state index in [0.29, 0.717) is 43.5 Å². The van der Waals surface area contributed by atoms with Crippen LogP contribution in [0.3, 0.4) is 0 Å². The maximum absolute atomic E-state index is 13.1. The van der Waals surface area contributed by atoms with Crippen LogP contribution in [-0.4, -0.2) is 61.2 Å². The van der Waals surface area contributed by atoms with Crippen molar-refractivity contribution in [2.45, 2.75) is 77.0 Å². The predicted molar refractivity (Wildman–Crippen MR) is 150 cm³/mol. The van der Waals surface area contributed by atoms with Crippen molar-refractivity contribution in [1.82, 2.24) is 20.0 Å². The summed E-state index contributed by atoms with van der Waals surface area (Å²) >= 11 is 0. The van der Waals surface area contributed by atoms with Gasteiger partial charge in [-0.05, 0) is 84.1 Å². The van der Waals surface area contributed by atoms with Crippen LogP contribution >= 0.6 is 0 Å². The van der Waals surface area contributed by atoms with Crippen LogP contribution in [0.25, 0.3) is 0 Å². The zero-order valence-corrected chi connectivity index (χ0v) is 24.4. The van der Waals surface area contributed by atoms with Crippen LogP contribution < -0.4 is 20.3 Å². The maximum atomic E-state index is 13.1. The first-order chi connectivity index (χ1) is 18.2. The zero-order valence-electron chi connectivity index (χ0n) is 23.6. The highest BCUT2D eigenvalue weighted by Crippen LogP contribution is 2.37. The number of unbranched alkanes of at least 4 members (excludes halogenated alkanes) is 1. The van der Waals surface area contributed by atoms with Gasteiger partial charge in [-0.1, -0.05) is 13.0 Å². The molecule has 1 fully saturated rings. The number of alkyl carbamates (subject to hydrolysis) is 1. The summed E-state index contributed by atoms with van der Waals surface area (Å²) in [5.74, 6) is 0.484. The van der Waals surface area contributed by atoms with Gasteiger partial charge in [0.2, 0.25) is 0 Å². The Bertz CT molecular complexity index is 1280. The first-order valence-corrected chi connectivity index (χ1v) is 14.6. The summed E-state index contributed by atoms with van der Waals surface area (Å²) in [6, 6.07) is 7.73. The molecule has 2 aromatic heterocycles. The summed E-state index contributed by atoms with van der Waals surface area (Å²) in [5, 5.41) is 5.50. The van der Waals surface area contributed by atoms with Crippen molar-refractivity contribution in [2.75, 3.05) is 29.9 Å². The molecule has 11 nitrogen and oxygen atoms in total. The SMILES string of the molecule is CC1CN(c2ncccc2C(=O)NS(=O)(=O)c2cccc(NCCCCNC(=O)OC(C)(C)C)n2)C(C)(C)C1. The molecule has 0 bridgehead atoms. The fraction of sp³-hybridized carbons (Fsp3) is 0.556. The molecule has 1 aliphatic rings. The van der Waals surface area contributed by atoms with Gasteiger partial charge in [-0.3, -0.25) is 4.79 Å². The van der Waals surface area contributed by atoms with Gasteiger partial charge in [0.25, 0.3) is 15.9 Å². The number of hydrogen-bond acceptors (Lipinski definition) is 9.